The van der Waals surface area contributed by atoms with Gasteiger partial charge in [-0.1, -0.05) is 0 Å². The molecule has 3 rings (SSSR count). The molecule has 0 spiro atoms. The van der Waals surface area contributed by atoms with Crippen molar-refractivity contribution in [1.82, 2.24) is 9.80 Å². The smallest absolute Gasteiger partial charge is 0.294 e. The Bertz CT molecular complexity index is 771. The number of phenolic OH excluding ortho intramolecular Hbond substituents is 1. The predicted molar refractivity (Wildman–Crippen MR) is 97.8 cm³/mol. The van der Waals surface area contributed by atoms with Crippen LogP contribution in [0.15, 0.2) is 23.1 Å². The number of benzene rings is 1. The molecule has 8 heteroatoms. The van der Waals surface area contributed by atoms with E-state index in [4.69, 9.17) is 4.74 Å². The molecule has 1 N–H and O–H groups in total. The zero-order valence-electron chi connectivity index (χ0n) is 14.4. The maximum absolute atomic E-state index is 12.5. The largest absolute Gasteiger partial charge is 0.507 e. The standard InChI is InChI=1S/C18H20N2O5S/c1-25-13-5-6-14(21)12(9-13)10-15-17(23)20(18(24)26-15)11-16(22)19-7-3-2-4-8-19/h5-6,9-10,21H,2-4,7-8,11H2,1H3/b15-10-. The third kappa shape index (κ3) is 3.85. The third-order valence-corrected chi connectivity index (χ3v) is 5.30. The number of piperidine rings is 1. The highest BCUT2D eigenvalue weighted by molar-refractivity contribution is 8.18. The van der Waals surface area contributed by atoms with Crippen molar-refractivity contribution in [3.05, 3.63) is 28.7 Å². The summed E-state index contributed by atoms with van der Waals surface area (Å²) in [6, 6.07) is 4.62. The van der Waals surface area contributed by atoms with Crippen LogP contribution in [0, 0.1) is 0 Å². The van der Waals surface area contributed by atoms with Crippen LogP contribution in [0.1, 0.15) is 24.8 Å². The van der Waals surface area contributed by atoms with Gasteiger partial charge in [-0.05, 0) is 55.3 Å². The lowest BCUT2D eigenvalue weighted by molar-refractivity contribution is -0.136. The Balaban J connectivity index is 1.75. The van der Waals surface area contributed by atoms with E-state index in [-0.39, 0.29) is 23.1 Å². The number of thioether (sulfide) groups is 1. The first-order valence-corrected chi connectivity index (χ1v) is 9.21. The number of carbonyl (C=O) groups is 3. The average molecular weight is 376 g/mol. The van der Waals surface area contributed by atoms with E-state index in [2.05, 4.69) is 0 Å². The molecule has 2 saturated heterocycles. The number of ether oxygens (including phenoxy) is 1. The molecule has 3 amide bonds. The van der Waals surface area contributed by atoms with Crippen LogP contribution in [0.2, 0.25) is 0 Å². The highest BCUT2D eigenvalue weighted by Gasteiger charge is 2.37. The summed E-state index contributed by atoms with van der Waals surface area (Å²) < 4.78 is 5.10. The molecule has 26 heavy (non-hydrogen) atoms. The fourth-order valence-electron chi connectivity index (χ4n) is 2.93. The highest BCUT2D eigenvalue weighted by atomic mass is 32.2. The van der Waals surface area contributed by atoms with Crippen molar-refractivity contribution < 1.29 is 24.2 Å². The first-order chi connectivity index (χ1) is 12.5. The number of phenols is 1. The average Bonchev–Trinajstić information content (AvgIpc) is 2.91. The van der Waals surface area contributed by atoms with Crippen molar-refractivity contribution >= 4 is 34.9 Å². The van der Waals surface area contributed by atoms with Gasteiger partial charge < -0.3 is 14.7 Å². The maximum Gasteiger partial charge on any atom is 0.294 e. The number of nitrogens with zero attached hydrogens (tertiary/aromatic N) is 2. The van der Waals surface area contributed by atoms with Crippen molar-refractivity contribution in [3.63, 3.8) is 0 Å². The summed E-state index contributed by atoms with van der Waals surface area (Å²) in [4.78, 5) is 39.9. The van der Waals surface area contributed by atoms with Gasteiger partial charge >= 0.3 is 0 Å². The van der Waals surface area contributed by atoms with Crippen LogP contribution in [0.4, 0.5) is 4.79 Å². The monoisotopic (exact) mass is 376 g/mol. The van der Waals surface area contributed by atoms with Gasteiger partial charge in [0.1, 0.15) is 18.0 Å². The summed E-state index contributed by atoms with van der Waals surface area (Å²) in [6.07, 6.45) is 4.43. The molecular weight excluding hydrogens is 356 g/mol. The summed E-state index contributed by atoms with van der Waals surface area (Å²) >= 11 is 0.763. The molecule has 1 aromatic rings. The van der Waals surface area contributed by atoms with Gasteiger partial charge in [-0.15, -0.1) is 0 Å². The number of aromatic hydroxyl groups is 1. The number of likely N-dealkylation sites (tertiary alicyclic amines) is 1. The SMILES string of the molecule is COc1ccc(O)c(/C=C2\SC(=O)N(CC(=O)N3CCCCC3)C2=O)c1. The van der Waals surface area contributed by atoms with E-state index in [1.807, 2.05) is 0 Å². The van der Waals surface area contributed by atoms with E-state index < -0.39 is 11.1 Å². The van der Waals surface area contributed by atoms with Crippen molar-refractivity contribution in [3.8, 4) is 11.5 Å². The first-order valence-electron chi connectivity index (χ1n) is 8.40. The molecule has 138 valence electrons. The quantitative estimate of drug-likeness (QED) is 0.812. The molecule has 0 saturated carbocycles. The lowest BCUT2D eigenvalue weighted by Gasteiger charge is -2.27. The summed E-state index contributed by atoms with van der Waals surface area (Å²) in [5, 5.41) is 9.47. The van der Waals surface area contributed by atoms with Crippen LogP contribution in [-0.2, 0) is 9.59 Å². The van der Waals surface area contributed by atoms with Crippen molar-refractivity contribution in [2.75, 3.05) is 26.7 Å². The molecule has 2 heterocycles. The Labute approximate surface area is 155 Å². The fourth-order valence-corrected chi connectivity index (χ4v) is 3.76. The Hall–Kier alpha value is -2.48. The molecule has 1 aromatic carbocycles. The molecule has 0 atom stereocenters. The predicted octanol–water partition coefficient (Wildman–Crippen LogP) is 2.45. The summed E-state index contributed by atoms with van der Waals surface area (Å²) in [7, 11) is 1.50. The number of imide groups is 1. The van der Waals surface area contributed by atoms with E-state index in [1.165, 1.54) is 19.3 Å². The highest BCUT2D eigenvalue weighted by Crippen LogP contribution is 2.34. The van der Waals surface area contributed by atoms with Crippen LogP contribution in [0.25, 0.3) is 6.08 Å². The van der Waals surface area contributed by atoms with Gasteiger partial charge in [0.25, 0.3) is 11.1 Å². The Morgan fingerprint density at radius 2 is 2.00 bits per heavy atom. The van der Waals surface area contributed by atoms with E-state index in [0.29, 0.717) is 24.4 Å². The molecule has 0 unspecified atom stereocenters. The van der Waals surface area contributed by atoms with Gasteiger partial charge in [0.15, 0.2) is 0 Å². The summed E-state index contributed by atoms with van der Waals surface area (Å²) in [5.41, 5.74) is 0.372. The zero-order valence-corrected chi connectivity index (χ0v) is 15.3. The molecule has 2 aliphatic rings. The Morgan fingerprint density at radius 1 is 1.27 bits per heavy atom. The number of methoxy groups -OCH3 is 1. The second-order valence-corrected chi connectivity index (χ2v) is 7.13. The minimum absolute atomic E-state index is 0.0259. The number of carbonyl (C=O) groups excluding carboxylic acids is 3. The van der Waals surface area contributed by atoms with Gasteiger partial charge in [-0.3, -0.25) is 19.3 Å². The molecular formula is C18H20N2O5S. The second kappa shape index (κ2) is 7.82. The molecule has 0 radical (unpaired) electrons. The lowest BCUT2D eigenvalue weighted by atomic mass is 10.1. The molecule has 0 aliphatic carbocycles. The Morgan fingerprint density at radius 3 is 2.69 bits per heavy atom. The minimum atomic E-state index is -0.521. The fraction of sp³-hybridized carbons (Fsp3) is 0.389. The Kier molecular flexibility index (Phi) is 5.51. The summed E-state index contributed by atoms with van der Waals surface area (Å²) in [5.74, 6) is -0.236. The van der Waals surface area contributed by atoms with E-state index >= 15 is 0 Å². The maximum atomic E-state index is 12.5. The van der Waals surface area contributed by atoms with Crippen molar-refractivity contribution in [2.45, 2.75) is 19.3 Å². The van der Waals surface area contributed by atoms with Crippen molar-refractivity contribution in [2.24, 2.45) is 0 Å². The topological polar surface area (TPSA) is 87.2 Å². The van der Waals surface area contributed by atoms with Crippen molar-refractivity contribution in [1.29, 1.82) is 0 Å². The molecule has 0 bridgehead atoms. The van der Waals surface area contributed by atoms with Crippen LogP contribution >= 0.6 is 11.8 Å². The molecule has 0 aromatic heterocycles. The van der Waals surface area contributed by atoms with Crippen LogP contribution in [-0.4, -0.2) is 58.7 Å². The molecule has 7 nitrogen and oxygen atoms in total. The lowest BCUT2D eigenvalue weighted by Crippen LogP contribution is -2.44. The van der Waals surface area contributed by atoms with Gasteiger partial charge in [-0.25, -0.2) is 0 Å². The van der Waals surface area contributed by atoms with Gasteiger partial charge in [-0.2, -0.15) is 0 Å². The first kappa shape index (κ1) is 18.3. The molecule has 2 aliphatic heterocycles. The number of hydrogen-bond donors (Lipinski definition) is 1. The van der Waals surface area contributed by atoms with E-state index in [9.17, 15) is 19.5 Å². The third-order valence-electron chi connectivity index (χ3n) is 4.40. The zero-order chi connectivity index (χ0) is 18.7. The van der Waals surface area contributed by atoms with Gasteiger partial charge in [0, 0.05) is 18.7 Å². The minimum Gasteiger partial charge on any atom is -0.507 e. The van der Waals surface area contributed by atoms with Gasteiger partial charge in [0.2, 0.25) is 5.91 Å². The number of rotatable bonds is 4. The van der Waals surface area contributed by atoms with Gasteiger partial charge in [0.05, 0.1) is 12.0 Å². The summed E-state index contributed by atoms with van der Waals surface area (Å²) in [6.45, 7) is 1.09. The second-order valence-electron chi connectivity index (χ2n) is 6.13. The van der Waals surface area contributed by atoms with Crippen LogP contribution in [0.3, 0.4) is 0 Å². The number of hydrogen-bond acceptors (Lipinski definition) is 6. The number of amides is 3. The van der Waals surface area contributed by atoms with Crippen LogP contribution in [0.5, 0.6) is 11.5 Å². The normalized spacial score (nSPS) is 19.3. The molecule has 2 fully saturated rings. The van der Waals surface area contributed by atoms with E-state index in [1.54, 1.807) is 17.0 Å². The van der Waals surface area contributed by atoms with E-state index in [0.717, 1.165) is 35.9 Å². The van der Waals surface area contributed by atoms with Crippen LogP contribution < -0.4 is 4.74 Å².